The Labute approximate surface area is 173 Å². The Morgan fingerprint density at radius 3 is 2.55 bits per heavy atom. The molecule has 1 aromatic heterocycles. The van der Waals surface area contributed by atoms with Gasteiger partial charge in [0.2, 0.25) is 0 Å². The van der Waals surface area contributed by atoms with Gasteiger partial charge in [-0.2, -0.15) is 0 Å². The zero-order chi connectivity index (χ0) is 22.2. The molecule has 9 nitrogen and oxygen atoms in total. The lowest BCUT2D eigenvalue weighted by Crippen LogP contribution is -2.49. The second kappa shape index (κ2) is 7.85. The molecule has 2 atom stereocenters. The van der Waals surface area contributed by atoms with Gasteiger partial charge >= 0.3 is 12.4 Å². The number of carbonyl (C=O) groups excluding carboxylic acids is 3. The Bertz CT molecular complexity index is 1000. The topological polar surface area (TPSA) is 105 Å². The van der Waals surface area contributed by atoms with E-state index in [1.165, 1.54) is 35.6 Å². The molecule has 2 aliphatic rings. The number of rotatable bonds is 4. The van der Waals surface area contributed by atoms with E-state index < -0.39 is 36.0 Å². The van der Waals surface area contributed by atoms with Crippen LogP contribution in [-0.2, 0) is 4.79 Å². The van der Waals surface area contributed by atoms with Gasteiger partial charge < -0.3 is 15.0 Å². The molecule has 31 heavy (non-hydrogen) atoms. The number of hydrogen-bond acceptors (Lipinski definition) is 6. The Balaban J connectivity index is 1.45. The molecule has 162 valence electrons. The van der Waals surface area contributed by atoms with Crippen molar-refractivity contribution < 1.29 is 32.3 Å². The van der Waals surface area contributed by atoms with Crippen LogP contribution in [0.15, 0.2) is 42.9 Å². The van der Waals surface area contributed by atoms with Crippen molar-refractivity contribution in [2.45, 2.75) is 31.3 Å². The molecule has 0 radical (unpaired) electrons. The van der Waals surface area contributed by atoms with Crippen LogP contribution in [0.5, 0.6) is 5.75 Å². The van der Waals surface area contributed by atoms with E-state index in [9.17, 15) is 27.6 Å². The number of urea groups is 1. The summed E-state index contributed by atoms with van der Waals surface area (Å²) in [7, 11) is 0. The number of hydrogen-bond donors (Lipinski definition) is 1. The van der Waals surface area contributed by atoms with Crippen molar-refractivity contribution in [1.82, 2.24) is 20.2 Å². The van der Waals surface area contributed by atoms with Gasteiger partial charge in [0.25, 0.3) is 11.8 Å². The highest BCUT2D eigenvalue weighted by Crippen LogP contribution is 2.32. The molecule has 2 saturated heterocycles. The second-order valence-corrected chi connectivity index (χ2v) is 6.99. The molecule has 0 saturated carbocycles. The Kier molecular flexibility index (Phi) is 5.21. The number of piperidine rings is 1. The molecular formula is C19H16F3N5O4. The van der Waals surface area contributed by atoms with Gasteiger partial charge in [-0.05, 0) is 37.1 Å². The summed E-state index contributed by atoms with van der Waals surface area (Å²) >= 11 is 0. The van der Waals surface area contributed by atoms with Crippen molar-refractivity contribution >= 4 is 23.5 Å². The number of aromatic nitrogens is 2. The molecule has 1 N–H and O–H groups in total. The fourth-order valence-electron chi connectivity index (χ4n) is 3.64. The zero-order valence-corrected chi connectivity index (χ0v) is 15.9. The van der Waals surface area contributed by atoms with Crippen LogP contribution in [0, 0.1) is 0 Å². The van der Waals surface area contributed by atoms with Crippen LogP contribution >= 0.6 is 0 Å². The van der Waals surface area contributed by atoms with E-state index in [1.807, 2.05) is 0 Å². The largest absolute Gasteiger partial charge is 0.573 e. The fraction of sp³-hybridized carbons (Fsp3) is 0.316. The van der Waals surface area contributed by atoms with Crippen molar-refractivity contribution in [3.63, 3.8) is 0 Å². The SMILES string of the molecule is O=C(N[C@H]1CCN2C(=O)N(c3ccc(OC(F)(F)F)cc3)C(=O)[C@@H]2C1)c1cnccn1. The van der Waals surface area contributed by atoms with Crippen molar-refractivity contribution in [2.24, 2.45) is 0 Å². The number of benzene rings is 1. The summed E-state index contributed by atoms with van der Waals surface area (Å²) in [6, 6.07) is 2.80. The summed E-state index contributed by atoms with van der Waals surface area (Å²) in [6.07, 6.45) is -0.0427. The molecule has 2 aliphatic heterocycles. The Morgan fingerprint density at radius 2 is 1.90 bits per heavy atom. The number of nitrogens with zero attached hydrogens (tertiary/aromatic N) is 4. The summed E-state index contributed by atoms with van der Waals surface area (Å²) in [6.45, 7) is 0.242. The molecule has 0 bridgehead atoms. The van der Waals surface area contributed by atoms with Gasteiger partial charge in [-0.3, -0.25) is 14.6 Å². The number of fused-ring (bicyclic) bond motifs is 1. The maximum atomic E-state index is 12.9. The first kappa shape index (κ1) is 20.6. The predicted octanol–water partition coefficient (Wildman–Crippen LogP) is 2.10. The number of alkyl halides is 3. The minimum atomic E-state index is -4.84. The van der Waals surface area contributed by atoms with Crippen molar-refractivity contribution in [2.75, 3.05) is 11.4 Å². The highest BCUT2D eigenvalue weighted by Gasteiger charge is 2.48. The van der Waals surface area contributed by atoms with E-state index in [0.29, 0.717) is 6.42 Å². The Hall–Kier alpha value is -3.70. The number of ether oxygens (including phenoxy) is 1. The van der Waals surface area contributed by atoms with E-state index in [-0.39, 0.29) is 30.4 Å². The predicted molar refractivity (Wildman–Crippen MR) is 99.0 cm³/mol. The first-order chi connectivity index (χ1) is 14.7. The summed E-state index contributed by atoms with van der Waals surface area (Å²) in [5.74, 6) is -1.40. The van der Waals surface area contributed by atoms with E-state index in [0.717, 1.165) is 17.0 Å². The molecule has 3 heterocycles. The first-order valence-electron chi connectivity index (χ1n) is 9.30. The van der Waals surface area contributed by atoms with Gasteiger partial charge in [-0.25, -0.2) is 14.7 Å². The summed E-state index contributed by atoms with van der Waals surface area (Å²) < 4.78 is 40.8. The average Bonchev–Trinajstić information content (AvgIpc) is 2.98. The third kappa shape index (κ3) is 4.27. The van der Waals surface area contributed by atoms with E-state index in [2.05, 4.69) is 20.0 Å². The number of nitrogens with one attached hydrogen (secondary N) is 1. The van der Waals surface area contributed by atoms with Crippen molar-refractivity contribution in [3.05, 3.63) is 48.5 Å². The molecule has 2 aromatic rings. The monoisotopic (exact) mass is 435 g/mol. The van der Waals surface area contributed by atoms with Crippen molar-refractivity contribution in [1.29, 1.82) is 0 Å². The summed E-state index contributed by atoms with van der Waals surface area (Å²) in [5.41, 5.74) is 0.278. The smallest absolute Gasteiger partial charge is 0.406 e. The Morgan fingerprint density at radius 1 is 1.16 bits per heavy atom. The zero-order valence-electron chi connectivity index (χ0n) is 15.9. The molecule has 4 rings (SSSR count). The average molecular weight is 435 g/mol. The number of halogens is 3. The third-order valence-corrected chi connectivity index (χ3v) is 5.00. The maximum absolute atomic E-state index is 12.9. The molecule has 0 aliphatic carbocycles. The van der Waals surface area contributed by atoms with Crippen LogP contribution in [0.2, 0.25) is 0 Å². The fourth-order valence-corrected chi connectivity index (χ4v) is 3.64. The number of amides is 4. The molecule has 0 unspecified atom stereocenters. The van der Waals surface area contributed by atoms with Crippen molar-refractivity contribution in [3.8, 4) is 5.75 Å². The maximum Gasteiger partial charge on any atom is 0.573 e. The second-order valence-electron chi connectivity index (χ2n) is 6.99. The van der Waals surface area contributed by atoms with Gasteiger partial charge in [-0.15, -0.1) is 13.2 Å². The van der Waals surface area contributed by atoms with Gasteiger partial charge in [0, 0.05) is 25.0 Å². The van der Waals surface area contributed by atoms with Crippen LogP contribution in [0.25, 0.3) is 0 Å². The van der Waals surface area contributed by atoms with Gasteiger partial charge in [0.15, 0.2) is 0 Å². The van der Waals surface area contributed by atoms with Crippen LogP contribution in [0.3, 0.4) is 0 Å². The molecule has 2 fully saturated rings. The number of imide groups is 1. The van der Waals surface area contributed by atoms with Crippen LogP contribution in [0.4, 0.5) is 23.7 Å². The first-order valence-corrected chi connectivity index (χ1v) is 9.30. The summed E-state index contributed by atoms with van der Waals surface area (Å²) in [4.78, 5) is 48.0. The van der Waals surface area contributed by atoms with Gasteiger partial charge in [0.1, 0.15) is 17.5 Å². The van der Waals surface area contributed by atoms with E-state index in [4.69, 9.17) is 0 Å². The highest BCUT2D eigenvalue weighted by atomic mass is 19.4. The van der Waals surface area contributed by atoms with Crippen LogP contribution < -0.4 is 15.0 Å². The van der Waals surface area contributed by atoms with Crippen LogP contribution in [0.1, 0.15) is 23.3 Å². The molecule has 4 amide bonds. The third-order valence-electron chi connectivity index (χ3n) is 5.00. The lowest BCUT2D eigenvalue weighted by molar-refractivity contribution is -0.274. The molecule has 1 aromatic carbocycles. The number of anilines is 1. The normalized spacial score (nSPS) is 21.1. The number of carbonyl (C=O) groups is 3. The lowest BCUT2D eigenvalue weighted by Gasteiger charge is -2.32. The molecule has 12 heteroatoms. The van der Waals surface area contributed by atoms with Crippen LogP contribution in [-0.4, -0.2) is 57.7 Å². The highest BCUT2D eigenvalue weighted by molar-refractivity contribution is 6.21. The van der Waals surface area contributed by atoms with Gasteiger partial charge in [0.05, 0.1) is 11.9 Å². The minimum Gasteiger partial charge on any atom is -0.406 e. The quantitative estimate of drug-likeness (QED) is 0.738. The minimum absolute atomic E-state index is 0.138. The lowest BCUT2D eigenvalue weighted by atomic mass is 9.98. The standard InChI is InChI=1S/C19H16F3N5O4/c20-19(21,22)31-13-3-1-12(2-4-13)27-17(29)15-9-11(5-8-26(15)18(27)30)25-16(28)14-10-23-6-7-24-14/h1-4,6-7,10-11,15H,5,8-9H2,(H,25,28)/t11-,15-/m0/s1. The van der Waals surface area contributed by atoms with Gasteiger partial charge in [-0.1, -0.05) is 0 Å². The molecule has 0 spiro atoms. The van der Waals surface area contributed by atoms with E-state index in [1.54, 1.807) is 0 Å². The summed E-state index contributed by atoms with van der Waals surface area (Å²) in [5, 5.41) is 2.79. The van der Waals surface area contributed by atoms with E-state index >= 15 is 0 Å². The molecular weight excluding hydrogens is 419 g/mol.